The van der Waals surface area contributed by atoms with Crippen LogP contribution in [-0.2, 0) is 0 Å². The number of nitrogens with one attached hydrogen (secondary N) is 1. The molecule has 1 N–H and O–H groups in total. The molecule has 1 aromatic rings. The molecule has 1 atom stereocenters. The molecule has 1 saturated carbocycles. The average Bonchev–Trinajstić information content (AvgIpc) is 3.13. The molecule has 1 aliphatic rings. The number of rotatable bonds is 7. The van der Waals surface area contributed by atoms with E-state index in [2.05, 4.69) is 68.5 Å². The standard InChI is InChI=1S/C17H28N2/c1-17(2,13-19(3)4)12-18-16(15-10-11-15)14-8-6-5-7-9-14/h5-9,15-16,18H,10-13H2,1-4H3. The van der Waals surface area contributed by atoms with Gasteiger partial charge in [-0.15, -0.1) is 0 Å². The van der Waals surface area contributed by atoms with Gasteiger partial charge in [0.1, 0.15) is 0 Å². The van der Waals surface area contributed by atoms with Crippen LogP contribution in [-0.4, -0.2) is 32.1 Å². The highest BCUT2D eigenvalue weighted by Crippen LogP contribution is 2.41. The van der Waals surface area contributed by atoms with Crippen LogP contribution in [0.5, 0.6) is 0 Å². The largest absolute Gasteiger partial charge is 0.309 e. The van der Waals surface area contributed by atoms with Crippen LogP contribution in [0.2, 0.25) is 0 Å². The van der Waals surface area contributed by atoms with E-state index in [9.17, 15) is 0 Å². The van der Waals surface area contributed by atoms with Crippen molar-refractivity contribution in [2.45, 2.75) is 32.7 Å². The number of hydrogen-bond acceptors (Lipinski definition) is 2. The van der Waals surface area contributed by atoms with Crippen molar-refractivity contribution in [3.05, 3.63) is 35.9 Å². The highest BCUT2D eigenvalue weighted by atomic mass is 15.1. The van der Waals surface area contributed by atoms with Gasteiger partial charge in [-0.3, -0.25) is 0 Å². The van der Waals surface area contributed by atoms with Crippen LogP contribution in [0.15, 0.2) is 30.3 Å². The van der Waals surface area contributed by atoms with Crippen molar-refractivity contribution in [1.82, 2.24) is 10.2 Å². The molecule has 1 fully saturated rings. The molecule has 0 aromatic heterocycles. The first kappa shape index (κ1) is 14.5. The fraction of sp³-hybridized carbons (Fsp3) is 0.647. The molecule has 106 valence electrons. The zero-order valence-corrected chi connectivity index (χ0v) is 12.8. The van der Waals surface area contributed by atoms with Crippen LogP contribution in [0.1, 0.15) is 38.3 Å². The lowest BCUT2D eigenvalue weighted by Crippen LogP contribution is -2.39. The molecular weight excluding hydrogens is 232 g/mol. The molecule has 0 bridgehead atoms. The average molecular weight is 260 g/mol. The first-order valence-electron chi connectivity index (χ1n) is 7.41. The summed E-state index contributed by atoms with van der Waals surface area (Å²) in [7, 11) is 4.30. The Balaban J connectivity index is 1.95. The lowest BCUT2D eigenvalue weighted by Gasteiger charge is -2.31. The fourth-order valence-electron chi connectivity index (χ4n) is 2.94. The lowest BCUT2D eigenvalue weighted by atomic mass is 9.91. The molecule has 19 heavy (non-hydrogen) atoms. The van der Waals surface area contributed by atoms with E-state index in [1.165, 1.54) is 18.4 Å². The topological polar surface area (TPSA) is 15.3 Å². The van der Waals surface area contributed by atoms with Gasteiger partial charge in [-0.2, -0.15) is 0 Å². The highest BCUT2D eigenvalue weighted by molar-refractivity contribution is 5.21. The molecule has 1 aromatic carbocycles. The molecule has 0 amide bonds. The van der Waals surface area contributed by atoms with Gasteiger partial charge < -0.3 is 10.2 Å². The minimum Gasteiger partial charge on any atom is -0.309 e. The van der Waals surface area contributed by atoms with Crippen LogP contribution in [0.25, 0.3) is 0 Å². The zero-order valence-electron chi connectivity index (χ0n) is 12.8. The summed E-state index contributed by atoms with van der Waals surface area (Å²) in [6, 6.07) is 11.5. The van der Waals surface area contributed by atoms with E-state index in [-0.39, 0.29) is 0 Å². The van der Waals surface area contributed by atoms with Crippen LogP contribution >= 0.6 is 0 Å². The van der Waals surface area contributed by atoms with E-state index in [0.717, 1.165) is 19.0 Å². The molecule has 1 unspecified atom stereocenters. The van der Waals surface area contributed by atoms with Gasteiger partial charge in [0.05, 0.1) is 0 Å². The van der Waals surface area contributed by atoms with Gasteiger partial charge in [-0.05, 0) is 43.8 Å². The molecule has 0 saturated heterocycles. The van der Waals surface area contributed by atoms with Crippen molar-refractivity contribution in [2.75, 3.05) is 27.2 Å². The normalized spacial score (nSPS) is 17.7. The van der Waals surface area contributed by atoms with Gasteiger partial charge in [0, 0.05) is 19.1 Å². The zero-order chi connectivity index (χ0) is 13.9. The third-order valence-electron chi connectivity index (χ3n) is 3.80. The Hall–Kier alpha value is -0.860. The second-order valence-electron chi connectivity index (χ2n) is 7.01. The number of benzene rings is 1. The maximum atomic E-state index is 3.82. The van der Waals surface area contributed by atoms with Crippen molar-refractivity contribution in [2.24, 2.45) is 11.3 Å². The van der Waals surface area contributed by atoms with E-state index >= 15 is 0 Å². The number of hydrogen-bond donors (Lipinski definition) is 1. The third kappa shape index (κ3) is 4.63. The number of nitrogens with zero attached hydrogens (tertiary/aromatic N) is 1. The molecule has 0 heterocycles. The van der Waals surface area contributed by atoms with Crippen molar-refractivity contribution in [3.8, 4) is 0 Å². The Bertz CT molecular complexity index is 380. The molecule has 2 nitrogen and oxygen atoms in total. The van der Waals surface area contributed by atoms with Gasteiger partial charge in [-0.25, -0.2) is 0 Å². The second kappa shape index (κ2) is 6.06. The maximum Gasteiger partial charge on any atom is 0.0348 e. The Kier molecular flexibility index (Phi) is 4.64. The van der Waals surface area contributed by atoms with Crippen molar-refractivity contribution >= 4 is 0 Å². The van der Waals surface area contributed by atoms with Crippen LogP contribution in [0.4, 0.5) is 0 Å². The van der Waals surface area contributed by atoms with Crippen molar-refractivity contribution in [3.63, 3.8) is 0 Å². The summed E-state index contributed by atoms with van der Waals surface area (Å²) in [5, 5.41) is 3.82. The van der Waals surface area contributed by atoms with Crippen molar-refractivity contribution in [1.29, 1.82) is 0 Å². The summed E-state index contributed by atoms with van der Waals surface area (Å²) in [6.45, 7) is 6.87. The third-order valence-corrected chi connectivity index (χ3v) is 3.80. The van der Waals surface area contributed by atoms with Crippen LogP contribution in [0.3, 0.4) is 0 Å². The van der Waals surface area contributed by atoms with E-state index in [0.29, 0.717) is 11.5 Å². The molecule has 2 heteroatoms. The van der Waals surface area contributed by atoms with E-state index in [1.54, 1.807) is 0 Å². The van der Waals surface area contributed by atoms with Crippen LogP contribution in [0, 0.1) is 11.3 Å². The van der Waals surface area contributed by atoms with Gasteiger partial charge in [-0.1, -0.05) is 44.2 Å². The van der Waals surface area contributed by atoms with Gasteiger partial charge in [0.2, 0.25) is 0 Å². The monoisotopic (exact) mass is 260 g/mol. The summed E-state index contributed by atoms with van der Waals surface area (Å²) in [5.41, 5.74) is 1.76. The first-order valence-corrected chi connectivity index (χ1v) is 7.41. The van der Waals surface area contributed by atoms with E-state index < -0.39 is 0 Å². The van der Waals surface area contributed by atoms with Crippen LogP contribution < -0.4 is 5.32 Å². The molecule has 1 aliphatic carbocycles. The Morgan fingerprint density at radius 2 is 1.84 bits per heavy atom. The smallest absolute Gasteiger partial charge is 0.0348 e. The molecule has 0 aliphatic heterocycles. The second-order valence-corrected chi connectivity index (χ2v) is 7.01. The van der Waals surface area contributed by atoms with E-state index in [4.69, 9.17) is 0 Å². The molecular formula is C17H28N2. The van der Waals surface area contributed by atoms with Gasteiger partial charge in [0.15, 0.2) is 0 Å². The summed E-state index contributed by atoms with van der Waals surface area (Å²) >= 11 is 0. The fourth-order valence-corrected chi connectivity index (χ4v) is 2.94. The molecule has 0 radical (unpaired) electrons. The molecule has 2 rings (SSSR count). The van der Waals surface area contributed by atoms with Crippen molar-refractivity contribution < 1.29 is 0 Å². The summed E-state index contributed by atoms with van der Waals surface area (Å²) in [4.78, 5) is 2.27. The Morgan fingerprint density at radius 1 is 1.21 bits per heavy atom. The quantitative estimate of drug-likeness (QED) is 0.809. The SMILES string of the molecule is CN(C)CC(C)(C)CNC(c1ccccc1)C1CC1. The van der Waals surface area contributed by atoms with Gasteiger partial charge in [0.25, 0.3) is 0 Å². The van der Waals surface area contributed by atoms with E-state index in [1.807, 2.05) is 0 Å². The molecule has 0 spiro atoms. The predicted octanol–water partition coefficient (Wildman–Crippen LogP) is 3.32. The minimum absolute atomic E-state index is 0.311. The highest BCUT2D eigenvalue weighted by Gasteiger charge is 2.33. The Morgan fingerprint density at radius 3 is 2.37 bits per heavy atom. The summed E-state index contributed by atoms with van der Waals surface area (Å²) in [6.07, 6.45) is 2.75. The lowest BCUT2D eigenvalue weighted by molar-refractivity contribution is 0.222. The predicted molar refractivity (Wildman–Crippen MR) is 82.2 cm³/mol. The first-order chi connectivity index (χ1) is 8.98. The minimum atomic E-state index is 0.311. The van der Waals surface area contributed by atoms with Gasteiger partial charge >= 0.3 is 0 Å². The summed E-state index contributed by atoms with van der Waals surface area (Å²) in [5.74, 6) is 0.845. The Labute approximate surface area is 118 Å². The maximum absolute atomic E-state index is 3.82. The summed E-state index contributed by atoms with van der Waals surface area (Å²) < 4.78 is 0.